The second-order valence-electron chi connectivity index (χ2n) is 5.58. The van der Waals surface area contributed by atoms with Crippen LogP contribution >= 0.6 is 0 Å². The minimum atomic E-state index is -0.274. The molecular weight excluding hydrogens is 276 g/mol. The Balaban J connectivity index is 1.92. The lowest BCUT2D eigenvalue weighted by Gasteiger charge is -2.28. The maximum atomic E-state index is 8.92. The lowest BCUT2D eigenvalue weighted by atomic mass is 9.92. The van der Waals surface area contributed by atoms with E-state index < -0.39 is 0 Å². The summed E-state index contributed by atoms with van der Waals surface area (Å²) < 4.78 is 11.7. The van der Waals surface area contributed by atoms with Gasteiger partial charge in [-0.2, -0.15) is 0 Å². The van der Waals surface area contributed by atoms with Crippen LogP contribution in [0.2, 0.25) is 0 Å². The molecule has 0 spiro atoms. The van der Waals surface area contributed by atoms with E-state index in [0.29, 0.717) is 6.61 Å². The topological polar surface area (TPSA) is 38.7 Å². The molecule has 0 bridgehead atoms. The molecule has 1 atom stereocenters. The predicted octanol–water partition coefficient (Wildman–Crippen LogP) is 3.65. The van der Waals surface area contributed by atoms with Crippen LogP contribution in [-0.2, 0) is 11.2 Å². The molecule has 0 radical (unpaired) electrons. The van der Waals surface area contributed by atoms with E-state index in [-0.39, 0.29) is 12.9 Å². The van der Waals surface area contributed by atoms with Crippen LogP contribution in [0.4, 0.5) is 0 Å². The number of aryl methyl sites for hydroxylation is 1. The van der Waals surface area contributed by atoms with Crippen molar-refractivity contribution in [1.29, 1.82) is 0 Å². The van der Waals surface area contributed by atoms with Crippen LogP contribution in [-0.4, -0.2) is 24.6 Å². The van der Waals surface area contributed by atoms with Crippen LogP contribution in [0.1, 0.15) is 12.0 Å². The Kier molecular flexibility index (Phi) is 3.45. The molecule has 1 heterocycles. The van der Waals surface area contributed by atoms with E-state index >= 15 is 0 Å². The summed E-state index contributed by atoms with van der Waals surface area (Å²) >= 11 is 0. The van der Waals surface area contributed by atoms with Gasteiger partial charge in [0, 0.05) is 17.4 Å². The van der Waals surface area contributed by atoms with Crippen molar-refractivity contribution >= 4 is 21.5 Å². The maximum absolute atomic E-state index is 8.92. The molecule has 0 aliphatic carbocycles. The lowest BCUT2D eigenvalue weighted by molar-refractivity contribution is -0.0976. The van der Waals surface area contributed by atoms with Gasteiger partial charge in [-0.05, 0) is 22.6 Å². The van der Waals surface area contributed by atoms with Crippen molar-refractivity contribution in [2.75, 3.05) is 13.2 Å². The smallest absolute Gasteiger partial charge is 0.200 e. The zero-order chi connectivity index (χ0) is 14.9. The average Bonchev–Trinajstić information content (AvgIpc) is 2.60. The second kappa shape index (κ2) is 5.59. The zero-order valence-electron chi connectivity index (χ0n) is 12.3. The van der Waals surface area contributed by atoms with Crippen molar-refractivity contribution in [3.8, 4) is 5.75 Å². The summed E-state index contributed by atoms with van der Waals surface area (Å²) in [6.07, 6.45) is 1.47. The van der Waals surface area contributed by atoms with Gasteiger partial charge in [-0.25, -0.2) is 0 Å². The normalized spacial score (nSPS) is 17.4. The molecule has 0 aromatic heterocycles. The van der Waals surface area contributed by atoms with Gasteiger partial charge in [-0.15, -0.1) is 0 Å². The van der Waals surface area contributed by atoms with Crippen LogP contribution in [0, 0.1) is 0 Å². The first-order valence-electron chi connectivity index (χ1n) is 7.70. The Hall–Kier alpha value is -2.10. The summed E-state index contributed by atoms with van der Waals surface area (Å²) in [5.41, 5.74) is 1.26. The second-order valence-corrected chi connectivity index (χ2v) is 5.58. The molecule has 0 saturated carbocycles. The Morgan fingerprint density at radius 2 is 1.59 bits per heavy atom. The molecule has 0 saturated heterocycles. The van der Waals surface area contributed by atoms with Crippen LogP contribution in [0.25, 0.3) is 21.5 Å². The minimum absolute atomic E-state index is 0.0190. The van der Waals surface area contributed by atoms with E-state index in [1.165, 1.54) is 21.7 Å². The third-order valence-electron chi connectivity index (χ3n) is 4.26. The van der Waals surface area contributed by atoms with Gasteiger partial charge in [0.05, 0.1) is 13.2 Å². The molecule has 3 aromatic rings. The van der Waals surface area contributed by atoms with Crippen molar-refractivity contribution in [3.63, 3.8) is 0 Å². The number of benzene rings is 3. The van der Waals surface area contributed by atoms with Gasteiger partial charge in [0.25, 0.3) is 0 Å². The molecule has 1 aliphatic heterocycles. The summed E-state index contributed by atoms with van der Waals surface area (Å²) in [6.45, 7) is 0.330. The number of rotatable bonds is 3. The summed E-state index contributed by atoms with van der Waals surface area (Å²) in [7, 11) is 0. The van der Waals surface area contributed by atoms with E-state index in [0.717, 1.165) is 24.0 Å². The van der Waals surface area contributed by atoms with E-state index in [1.807, 2.05) is 6.07 Å². The van der Waals surface area contributed by atoms with E-state index in [9.17, 15) is 0 Å². The fraction of sp³-hybridized carbons (Fsp3) is 0.263. The van der Waals surface area contributed by atoms with Gasteiger partial charge in [-0.1, -0.05) is 48.5 Å². The van der Waals surface area contributed by atoms with Gasteiger partial charge in [0.2, 0.25) is 0 Å². The van der Waals surface area contributed by atoms with Crippen molar-refractivity contribution in [2.24, 2.45) is 0 Å². The number of fused-ring (bicyclic) bond motifs is 6. The molecule has 3 nitrogen and oxygen atoms in total. The number of aliphatic hydroxyl groups excluding tert-OH is 1. The lowest BCUT2D eigenvalue weighted by Crippen LogP contribution is -2.27. The van der Waals surface area contributed by atoms with Crippen molar-refractivity contribution in [2.45, 2.75) is 19.1 Å². The summed E-state index contributed by atoms with van der Waals surface area (Å²) in [6, 6.07) is 16.8. The highest BCUT2D eigenvalue weighted by atomic mass is 16.7. The number of aliphatic hydroxyl groups is 1. The third-order valence-corrected chi connectivity index (χ3v) is 4.26. The van der Waals surface area contributed by atoms with Gasteiger partial charge in [-0.3, -0.25) is 0 Å². The molecule has 1 N–H and O–H groups in total. The standard InChI is InChI=1S/C19H18O3/c20-11-12-21-18-10-9-17-15-7-2-1-5-13(15)14-6-3-4-8-16(14)19(17)22-18/h1-8,18,20H,9-12H2. The fourth-order valence-corrected chi connectivity index (χ4v) is 3.32. The molecule has 1 unspecified atom stereocenters. The number of ether oxygens (including phenoxy) is 2. The van der Waals surface area contributed by atoms with Crippen LogP contribution < -0.4 is 4.74 Å². The summed E-state index contributed by atoms with van der Waals surface area (Å²) in [5.74, 6) is 0.934. The van der Waals surface area contributed by atoms with E-state index in [2.05, 4.69) is 42.5 Å². The van der Waals surface area contributed by atoms with Gasteiger partial charge in [0.1, 0.15) is 5.75 Å². The Morgan fingerprint density at radius 3 is 2.32 bits per heavy atom. The predicted molar refractivity (Wildman–Crippen MR) is 87.2 cm³/mol. The van der Waals surface area contributed by atoms with Crippen LogP contribution in [0.5, 0.6) is 5.75 Å². The summed E-state index contributed by atoms with van der Waals surface area (Å²) in [5, 5.41) is 13.8. The highest BCUT2D eigenvalue weighted by Gasteiger charge is 2.24. The highest BCUT2D eigenvalue weighted by Crippen LogP contribution is 2.41. The quantitative estimate of drug-likeness (QED) is 0.749. The third kappa shape index (κ3) is 2.14. The van der Waals surface area contributed by atoms with Gasteiger partial charge >= 0.3 is 0 Å². The maximum Gasteiger partial charge on any atom is 0.200 e. The molecule has 0 amide bonds. The van der Waals surface area contributed by atoms with Crippen molar-refractivity contribution in [1.82, 2.24) is 0 Å². The molecule has 0 fully saturated rings. The SMILES string of the molecule is OCCOC1CCc2c(c3ccccc3c3ccccc23)O1. The zero-order valence-corrected chi connectivity index (χ0v) is 12.3. The van der Waals surface area contributed by atoms with Crippen LogP contribution in [0.15, 0.2) is 48.5 Å². The highest BCUT2D eigenvalue weighted by molar-refractivity contribution is 6.12. The largest absolute Gasteiger partial charge is 0.464 e. The first-order valence-corrected chi connectivity index (χ1v) is 7.70. The molecular formula is C19H18O3. The van der Waals surface area contributed by atoms with Crippen molar-refractivity contribution < 1.29 is 14.6 Å². The molecule has 4 rings (SSSR count). The van der Waals surface area contributed by atoms with E-state index in [1.54, 1.807) is 0 Å². The number of hydrogen-bond donors (Lipinski definition) is 1. The number of hydrogen-bond acceptors (Lipinski definition) is 3. The van der Waals surface area contributed by atoms with Gasteiger partial charge < -0.3 is 14.6 Å². The minimum Gasteiger partial charge on any atom is -0.464 e. The molecule has 112 valence electrons. The molecule has 3 heteroatoms. The van der Waals surface area contributed by atoms with Crippen LogP contribution in [0.3, 0.4) is 0 Å². The summed E-state index contributed by atoms with van der Waals surface area (Å²) in [4.78, 5) is 0. The van der Waals surface area contributed by atoms with Crippen molar-refractivity contribution in [3.05, 3.63) is 54.1 Å². The first kappa shape index (κ1) is 13.6. The van der Waals surface area contributed by atoms with E-state index in [4.69, 9.17) is 14.6 Å². The Morgan fingerprint density at radius 1 is 0.955 bits per heavy atom. The molecule has 1 aliphatic rings. The molecule has 22 heavy (non-hydrogen) atoms. The monoisotopic (exact) mass is 294 g/mol. The van der Waals surface area contributed by atoms with Gasteiger partial charge in [0.15, 0.2) is 6.29 Å². The molecule has 3 aromatic carbocycles. The average molecular weight is 294 g/mol. The Bertz CT molecular complexity index is 825. The fourth-order valence-electron chi connectivity index (χ4n) is 3.32. The first-order chi connectivity index (χ1) is 10.9. The Labute approximate surface area is 129 Å².